The number of nitrogens with zero attached hydrogens (tertiary/aromatic N) is 2. The van der Waals surface area contributed by atoms with E-state index in [0.717, 1.165) is 9.91 Å². The van der Waals surface area contributed by atoms with E-state index >= 15 is 0 Å². The van der Waals surface area contributed by atoms with Crippen LogP contribution < -0.4 is 15.5 Å². The molecule has 0 atom stereocenters. The van der Waals surface area contributed by atoms with Crippen LogP contribution in [0.2, 0.25) is 12.1 Å². The van der Waals surface area contributed by atoms with Crippen molar-refractivity contribution in [2.24, 2.45) is 0 Å². The lowest BCUT2D eigenvalue weighted by Gasteiger charge is -2.32. The minimum Gasteiger partial charge on any atom is -0.403 e. The summed E-state index contributed by atoms with van der Waals surface area (Å²) in [7, 11) is -2.85. The number of rotatable bonds is 13. The first kappa shape index (κ1) is 32.8. The minimum absolute atomic E-state index is 0.271. The normalized spacial score (nSPS) is 22.6. The van der Waals surface area contributed by atoms with Crippen LogP contribution in [0, 0.1) is 0 Å². The molecule has 0 aromatic carbocycles. The molecule has 2 fully saturated rings. The molecule has 2 aromatic rings. The van der Waals surface area contributed by atoms with Crippen LogP contribution in [-0.4, -0.2) is 54.7 Å². The zero-order valence-electron chi connectivity index (χ0n) is 27.8. The topological polar surface area (TPSA) is 62.7 Å². The van der Waals surface area contributed by atoms with Gasteiger partial charge in [-0.1, -0.05) is 65.2 Å². The summed E-state index contributed by atoms with van der Waals surface area (Å²) in [5.41, 5.74) is -1.43. The fraction of sp³-hybridized carbons (Fsp3) is 0.806. The van der Waals surface area contributed by atoms with Gasteiger partial charge in [-0.05, 0) is 67.5 Å². The summed E-state index contributed by atoms with van der Waals surface area (Å²) < 4.78 is 25.8. The molecule has 0 bridgehead atoms. The van der Waals surface area contributed by atoms with E-state index in [1.54, 1.807) is 11.3 Å². The highest BCUT2D eigenvalue weighted by molar-refractivity contribution is 7.32. The van der Waals surface area contributed by atoms with Gasteiger partial charge < -0.3 is 18.6 Å². The van der Waals surface area contributed by atoms with E-state index in [1.807, 2.05) is 11.3 Å². The molecule has 0 N–H and O–H groups in total. The Balaban J connectivity index is 1.52. The second kappa shape index (κ2) is 12.0. The van der Waals surface area contributed by atoms with Gasteiger partial charge in [-0.2, -0.15) is 0 Å². The predicted octanol–water partition coefficient (Wildman–Crippen LogP) is 6.78. The molecule has 0 saturated carbocycles. The van der Waals surface area contributed by atoms with Gasteiger partial charge in [0.25, 0.3) is 0 Å². The Hall–Kier alpha value is -0.553. The maximum atomic E-state index is 6.50. The molecule has 11 heteroatoms. The van der Waals surface area contributed by atoms with Crippen LogP contribution in [0.15, 0.2) is 0 Å². The Labute approximate surface area is 264 Å². The molecule has 5 rings (SSSR count). The second-order valence-electron chi connectivity index (χ2n) is 14.7. The van der Waals surface area contributed by atoms with E-state index in [0.29, 0.717) is 6.32 Å². The van der Waals surface area contributed by atoms with Crippen LogP contribution in [0.25, 0.3) is 9.75 Å². The average molecular weight is 631 g/mol. The van der Waals surface area contributed by atoms with Crippen molar-refractivity contribution in [1.82, 2.24) is 9.97 Å². The predicted molar refractivity (Wildman–Crippen MR) is 182 cm³/mol. The monoisotopic (exact) mass is 630 g/mol. The molecule has 5 heterocycles. The Kier molecular flexibility index (Phi) is 9.37. The first-order valence-corrected chi connectivity index (χ1v) is 20.4. The molecular weight excluding hydrogens is 578 g/mol. The maximum Gasteiger partial charge on any atom is 0.525 e. The molecule has 0 radical (unpaired) electrons. The van der Waals surface area contributed by atoms with Crippen molar-refractivity contribution in [2.75, 3.05) is 0 Å². The van der Waals surface area contributed by atoms with Crippen molar-refractivity contribution >= 4 is 60.5 Å². The number of hydrogen-bond acceptors (Lipinski definition) is 8. The molecule has 3 aliphatic rings. The van der Waals surface area contributed by atoms with E-state index in [4.69, 9.17) is 28.6 Å². The highest BCUT2D eigenvalue weighted by atomic mass is 32.1. The van der Waals surface area contributed by atoms with Gasteiger partial charge in [-0.15, -0.1) is 22.7 Å². The van der Waals surface area contributed by atoms with E-state index in [1.165, 1.54) is 83.8 Å². The lowest BCUT2D eigenvalue weighted by Crippen LogP contribution is -2.57. The number of aromatic nitrogens is 2. The largest absolute Gasteiger partial charge is 0.525 e. The van der Waals surface area contributed by atoms with Crippen LogP contribution in [0.5, 0.6) is 0 Å². The van der Waals surface area contributed by atoms with Crippen molar-refractivity contribution in [3.8, 4) is 9.75 Å². The highest BCUT2D eigenvalue weighted by Gasteiger charge is 2.56. The van der Waals surface area contributed by atoms with Crippen LogP contribution in [0.3, 0.4) is 0 Å². The van der Waals surface area contributed by atoms with Crippen LogP contribution in [0.4, 0.5) is 0 Å². The van der Waals surface area contributed by atoms with Crippen LogP contribution >= 0.6 is 22.7 Å². The van der Waals surface area contributed by atoms with Gasteiger partial charge in [0.1, 0.15) is 4.91 Å². The Morgan fingerprint density at radius 2 is 1.10 bits per heavy atom. The van der Waals surface area contributed by atoms with Crippen molar-refractivity contribution in [3.63, 3.8) is 0 Å². The van der Waals surface area contributed by atoms with Crippen LogP contribution in [-0.2, 0) is 24.9 Å². The Morgan fingerprint density at radius 3 is 1.62 bits per heavy atom. The van der Waals surface area contributed by atoms with E-state index in [-0.39, 0.29) is 29.5 Å². The summed E-state index contributed by atoms with van der Waals surface area (Å²) in [6.07, 6.45) is 10.8. The maximum absolute atomic E-state index is 6.50. The fourth-order valence-electron chi connectivity index (χ4n) is 6.40. The molecule has 0 unspecified atom stereocenters. The molecule has 2 saturated heterocycles. The Morgan fingerprint density at radius 1 is 0.619 bits per heavy atom. The molecule has 2 aromatic heterocycles. The smallest absolute Gasteiger partial charge is 0.403 e. The molecule has 0 amide bonds. The van der Waals surface area contributed by atoms with Crippen molar-refractivity contribution in [2.45, 2.75) is 161 Å². The Bertz CT molecular complexity index is 1220. The third kappa shape index (κ3) is 5.90. The van der Waals surface area contributed by atoms with Crippen molar-refractivity contribution in [1.29, 1.82) is 0 Å². The third-order valence-electron chi connectivity index (χ3n) is 10.4. The summed E-state index contributed by atoms with van der Waals surface area (Å²) >= 11 is 3.64. The molecule has 42 heavy (non-hydrogen) atoms. The molecule has 6 nitrogen and oxygen atoms in total. The number of unbranched alkanes of at least 4 members (excludes halogenated alkanes) is 6. The number of fused-ring (bicyclic) bond motifs is 3. The lowest BCUT2D eigenvalue weighted by molar-refractivity contribution is 0.00578. The highest BCUT2D eigenvalue weighted by Crippen LogP contribution is 2.43. The van der Waals surface area contributed by atoms with Gasteiger partial charge >= 0.3 is 14.2 Å². The average Bonchev–Trinajstić information content (AvgIpc) is 3.63. The third-order valence-corrected chi connectivity index (χ3v) is 18.1. The fourth-order valence-corrected chi connectivity index (χ4v) is 15.2. The summed E-state index contributed by atoms with van der Waals surface area (Å²) in [4.78, 5) is 14.6. The van der Waals surface area contributed by atoms with Gasteiger partial charge in [-0.25, -0.2) is 0 Å². The zero-order chi connectivity index (χ0) is 30.6. The van der Waals surface area contributed by atoms with Crippen molar-refractivity contribution < 1.29 is 18.6 Å². The van der Waals surface area contributed by atoms with E-state index in [2.05, 4.69) is 69.2 Å². The standard InChI is InChI=1S/C31H52B2N2O4S2Si/c1-11-13-15-17-19-42(20-18-16-14-12-2)25-23(40-22(34-25)21-32-36-28(3,4)29(5,6)37-32)24-26(42)35-27(41-24)33-38-30(7,8)31(9,10)39-33/h11-21H2,1-10H3. The summed E-state index contributed by atoms with van der Waals surface area (Å²) in [5, 5.41) is 3.89. The van der Waals surface area contributed by atoms with E-state index in [9.17, 15) is 0 Å². The first-order valence-electron chi connectivity index (χ1n) is 16.4. The lowest BCUT2D eigenvalue weighted by atomic mass is 9.85. The molecular formula is C31H52B2N2O4S2Si. The van der Waals surface area contributed by atoms with E-state index < -0.39 is 15.2 Å². The second-order valence-corrected chi connectivity index (χ2v) is 20.9. The number of thiazole rings is 2. The zero-order valence-corrected chi connectivity index (χ0v) is 30.4. The molecule has 0 spiro atoms. The van der Waals surface area contributed by atoms with Crippen LogP contribution in [0.1, 0.15) is 126 Å². The summed E-state index contributed by atoms with van der Waals surface area (Å²) in [6, 6.07) is 2.46. The summed E-state index contributed by atoms with van der Waals surface area (Å²) in [5.74, 6) is 0. The number of hydrogen-bond donors (Lipinski definition) is 0. The van der Waals surface area contributed by atoms with Gasteiger partial charge in [0, 0.05) is 6.32 Å². The molecule has 3 aliphatic heterocycles. The van der Waals surface area contributed by atoms with Gasteiger partial charge in [0.15, 0.2) is 8.07 Å². The van der Waals surface area contributed by atoms with Crippen molar-refractivity contribution in [3.05, 3.63) is 5.01 Å². The minimum atomic E-state index is -2.16. The van der Waals surface area contributed by atoms with Gasteiger partial charge in [-0.3, -0.25) is 9.97 Å². The van der Waals surface area contributed by atoms with Gasteiger partial charge in [0.2, 0.25) is 0 Å². The first-order chi connectivity index (χ1) is 19.7. The SMILES string of the molecule is CCCCCC[Si]1(CCCCCC)c2nc(CB3OC(C)(C)C(C)(C)O3)sc2-c2sc(B3OC(C)(C)C(C)(C)O3)nc21. The quantitative estimate of drug-likeness (QED) is 0.180. The summed E-state index contributed by atoms with van der Waals surface area (Å²) in [6.45, 7) is 21.6. The molecule has 232 valence electrons. The van der Waals surface area contributed by atoms with Gasteiger partial charge in [0.05, 0.1) is 47.8 Å². The molecule has 0 aliphatic carbocycles.